The van der Waals surface area contributed by atoms with Crippen molar-refractivity contribution in [1.82, 2.24) is 15.1 Å². The molecule has 1 aromatic heterocycles. The lowest BCUT2D eigenvalue weighted by atomic mass is 10.3. The van der Waals surface area contributed by atoms with Gasteiger partial charge in [-0.2, -0.15) is 0 Å². The molecule has 1 aromatic rings. The highest BCUT2D eigenvalue weighted by atomic mass is 32.1. The van der Waals surface area contributed by atoms with E-state index in [1.807, 2.05) is 6.92 Å². The van der Waals surface area contributed by atoms with Crippen molar-refractivity contribution in [2.45, 2.75) is 13.0 Å². The monoisotopic (exact) mass is 228 g/mol. The summed E-state index contributed by atoms with van der Waals surface area (Å²) in [6, 6.07) is -0.0331. The molecule has 1 aliphatic rings. The maximum atomic E-state index is 11.8. The van der Waals surface area contributed by atoms with Crippen LogP contribution < -0.4 is 5.32 Å². The van der Waals surface area contributed by atoms with E-state index >= 15 is 0 Å². The van der Waals surface area contributed by atoms with Gasteiger partial charge in [-0.15, -0.1) is 10.2 Å². The van der Waals surface area contributed by atoms with Crippen LogP contribution in [-0.4, -0.2) is 46.9 Å². The molecule has 82 valence electrons. The van der Waals surface area contributed by atoms with Crippen LogP contribution in [0.2, 0.25) is 0 Å². The fraction of sp³-hybridized carbons (Fsp3) is 0.625. The molecule has 0 bridgehead atoms. The van der Waals surface area contributed by atoms with Gasteiger partial charge in [0.2, 0.25) is 5.13 Å². The van der Waals surface area contributed by atoms with E-state index in [9.17, 15) is 4.79 Å². The smallest absolute Gasteiger partial charge is 0.324 e. The van der Waals surface area contributed by atoms with Crippen LogP contribution in [0.3, 0.4) is 0 Å². The number of nitrogens with one attached hydrogen (secondary N) is 1. The van der Waals surface area contributed by atoms with Crippen molar-refractivity contribution in [2.24, 2.45) is 0 Å². The molecule has 2 heterocycles. The number of carbonyl (C=O) groups excluding carboxylic acids is 1. The van der Waals surface area contributed by atoms with E-state index < -0.39 is 0 Å². The number of hydrogen-bond acceptors (Lipinski definition) is 5. The van der Waals surface area contributed by atoms with Crippen LogP contribution in [0.5, 0.6) is 0 Å². The number of nitrogens with zero attached hydrogens (tertiary/aromatic N) is 3. The Morgan fingerprint density at radius 3 is 3.33 bits per heavy atom. The van der Waals surface area contributed by atoms with Crippen LogP contribution in [0.25, 0.3) is 0 Å². The Labute approximate surface area is 91.2 Å². The molecule has 1 atom stereocenters. The van der Waals surface area contributed by atoms with Crippen LogP contribution in [0.15, 0.2) is 5.51 Å². The number of hydrogen-bond donors (Lipinski definition) is 1. The number of morpholine rings is 1. The van der Waals surface area contributed by atoms with Gasteiger partial charge in [-0.25, -0.2) is 4.79 Å². The number of rotatable bonds is 1. The largest absolute Gasteiger partial charge is 0.377 e. The van der Waals surface area contributed by atoms with E-state index in [1.54, 1.807) is 10.4 Å². The average Bonchev–Trinajstić information content (AvgIpc) is 2.71. The lowest BCUT2D eigenvalue weighted by Crippen LogP contribution is -2.48. The van der Waals surface area contributed by atoms with Crippen molar-refractivity contribution in [3.8, 4) is 0 Å². The Bertz CT molecular complexity index is 329. The van der Waals surface area contributed by atoms with Crippen molar-refractivity contribution in [3.63, 3.8) is 0 Å². The molecule has 6 nitrogen and oxygen atoms in total. The van der Waals surface area contributed by atoms with Crippen LogP contribution in [0.1, 0.15) is 6.92 Å². The second kappa shape index (κ2) is 4.54. The van der Waals surface area contributed by atoms with Gasteiger partial charge in [0.05, 0.1) is 19.3 Å². The molecule has 15 heavy (non-hydrogen) atoms. The summed E-state index contributed by atoms with van der Waals surface area (Å²) in [4.78, 5) is 13.5. The Kier molecular flexibility index (Phi) is 3.12. The number of carbonyl (C=O) groups is 1. The summed E-state index contributed by atoms with van der Waals surface area (Å²) < 4.78 is 5.25. The second-order valence-corrected chi connectivity index (χ2v) is 4.12. The second-order valence-electron chi connectivity index (χ2n) is 3.29. The Morgan fingerprint density at radius 2 is 2.67 bits per heavy atom. The number of aromatic nitrogens is 2. The average molecular weight is 228 g/mol. The molecule has 1 saturated heterocycles. The third-order valence-electron chi connectivity index (χ3n) is 2.20. The van der Waals surface area contributed by atoms with Crippen molar-refractivity contribution in [2.75, 3.05) is 25.1 Å². The Hall–Kier alpha value is -1.21. The van der Waals surface area contributed by atoms with Crippen LogP contribution in [0.4, 0.5) is 9.93 Å². The van der Waals surface area contributed by atoms with Crippen molar-refractivity contribution in [3.05, 3.63) is 5.51 Å². The fourth-order valence-corrected chi connectivity index (χ4v) is 1.85. The molecule has 2 amide bonds. The summed E-state index contributed by atoms with van der Waals surface area (Å²) in [5.41, 5.74) is 1.58. The van der Waals surface area contributed by atoms with Gasteiger partial charge in [0.1, 0.15) is 5.51 Å². The fourth-order valence-electron chi connectivity index (χ4n) is 1.42. The molecule has 1 aliphatic heterocycles. The van der Waals surface area contributed by atoms with Gasteiger partial charge in [0.15, 0.2) is 0 Å². The first-order valence-electron chi connectivity index (χ1n) is 4.69. The molecule has 2 rings (SSSR count). The zero-order chi connectivity index (χ0) is 10.7. The molecular weight excluding hydrogens is 216 g/mol. The van der Waals surface area contributed by atoms with Gasteiger partial charge in [0, 0.05) is 6.54 Å². The molecule has 1 N–H and O–H groups in total. The van der Waals surface area contributed by atoms with Gasteiger partial charge in [-0.1, -0.05) is 11.3 Å². The number of anilines is 1. The molecule has 0 aliphatic carbocycles. The standard InChI is InChI=1S/C8H12N4O2S/c1-6-4-14-3-2-12(6)8(13)10-7-11-9-5-15-7/h5-6H,2-4H2,1H3,(H,10,11,13). The predicted molar refractivity (Wildman–Crippen MR) is 55.9 cm³/mol. The SMILES string of the molecule is CC1COCCN1C(=O)Nc1nncs1. The van der Waals surface area contributed by atoms with Gasteiger partial charge in [-0.05, 0) is 6.92 Å². The van der Waals surface area contributed by atoms with Crippen molar-refractivity contribution < 1.29 is 9.53 Å². The maximum absolute atomic E-state index is 11.8. The zero-order valence-electron chi connectivity index (χ0n) is 8.34. The minimum Gasteiger partial charge on any atom is -0.377 e. The van der Waals surface area contributed by atoms with Crippen molar-refractivity contribution in [1.29, 1.82) is 0 Å². The van der Waals surface area contributed by atoms with Gasteiger partial charge in [-0.3, -0.25) is 5.32 Å². The van der Waals surface area contributed by atoms with E-state index in [-0.39, 0.29) is 12.1 Å². The minimum atomic E-state index is -0.137. The Morgan fingerprint density at radius 1 is 1.80 bits per heavy atom. The first-order valence-corrected chi connectivity index (χ1v) is 5.57. The van der Waals surface area contributed by atoms with Gasteiger partial charge < -0.3 is 9.64 Å². The molecule has 0 aromatic carbocycles. The van der Waals surface area contributed by atoms with E-state index in [1.165, 1.54) is 11.3 Å². The normalized spacial score (nSPS) is 21.4. The van der Waals surface area contributed by atoms with Crippen molar-refractivity contribution >= 4 is 22.5 Å². The highest BCUT2D eigenvalue weighted by molar-refractivity contribution is 7.13. The summed E-state index contributed by atoms with van der Waals surface area (Å²) >= 11 is 1.30. The third kappa shape index (κ3) is 2.42. The number of urea groups is 1. The van der Waals surface area contributed by atoms with E-state index in [0.29, 0.717) is 24.9 Å². The molecule has 1 fully saturated rings. The van der Waals surface area contributed by atoms with Crippen LogP contribution in [0, 0.1) is 0 Å². The lowest BCUT2D eigenvalue weighted by Gasteiger charge is -2.32. The molecule has 0 saturated carbocycles. The predicted octanol–water partition coefficient (Wildman–Crippen LogP) is 0.791. The van der Waals surface area contributed by atoms with Gasteiger partial charge in [0.25, 0.3) is 0 Å². The highest BCUT2D eigenvalue weighted by Crippen LogP contribution is 2.12. The molecule has 0 radical (unpaired) electrons. The summed E-state index contributed by atoms with van der Waals surface area (Å²) in [5.74, 6) is 0. The van der Waals surface area contributed by atoms with E-state index in [4.69, 9.17) is 4.74 Å². The quantitative estimate of drug-likeness (QED) is 0.771. The summed E-state index contributed by atoms with van der Waals surface area (Å²) in [6.45, 7) is 3.75. The maximum Gasteiger partial charge on any atom is 0.324 e. The summed E-state index contributed by atoms with van der Waals surface area (Å²) in [6.07, 6.45) is 0. The van der Waals surface area contributed by atoms with Crippen LogP contribution >= 0.6 is 11.3 Å². The molecular formula is C8H12N4O2S. The van der Waals surface area contributed by atoms with Crippen LogP contribution in [-0.2, 0) is 4.74 Å². The zero-order valence-corrected chi connectivity index (χ0v) is 9.16. The first kappa shape index (κ1) is 10.3. The summed E-state index contributed by atoms with van der Waals surface area (Å²) in [7, 11) is 0. The minimum absolute atomic E-state index is 0.103. The molecule has 7 heteroatoms. The molecule has 1 unspecified atom stereocenters. The number of ether oxygens (including phenoxy) is 1. The van der Waals surface area contributed by atoms with E-state index in [2.05, 4.69) is 15.5 Å². The topological polar surface area (TPSA) is 67.3 Å². The molecule has 0 spiro atoms. The summed E-state index contributed by atoms with van der Waals surface area (Å²) in [5, 5.41) is 10.6. The lowest BCUT2D eigenvalue weighted by molar-refractivity contribution is 0.0221. The van der Waals surface area contributed by atoms with E-state index in [0.717, 1.165) is 0 Å². The first-order chi connectivity index (χ1) is 7.27. The van der Waals surface area contributed by atoms with Gasteiger partial charge >= 0.3 is 6.03 Å². The number of amides is 2. The Balaban J connectivity index is 1.95. The highest BCUT2D eigenvalue weighted by Gasteiger charge is 2.24. The third-order valence-corrected chi connectivity index (χ3v) is 2.81.